The molecule has 0 spiro atoms. The zero-order valence-electron chi connectivity index (χ0n) is 20.8. The molecule has 1 aromatic carbocycles. The van der Waals surface area contributed by atoms with E-state index in [9.17, 15) is 4.79 Å². The van der Waals surface area contributed by atoms with Crippen molar-refractivity contribution in [1.29, 1.82) is 0 Å². The maximum absolute atomic E-state index is 12.9. The van der Waals surface area contributed by atoms with E-state index in [1.165, 1.54) is 11.1 Å². The number of amides is 1. The van der Waals surface area contributed by atoms with Gasteiger partial charge in [-0.3, -0.25) is 24.1 Å². The number of nitrogens with one attached hydrogen (secondary N) is 1. The average molecular weight is 480 g/mol. The van der Waals surface area contributed by atoms with Gasteiger partial charge in [-0.2, -0.15) is 0 Å². The maximum Gasteiger partial charge on any atom is 0.257 e. The van der Waals surface area contributed by atoms with Gasteiger partial charge in [-0.25, -0.2) is 4.98 Å². The number of pyridine rings is 1. The molecule has 3 aromatic heterocycles. The third-order valence-corrected chi connectivity index (χ3v) is 6.45. The van der Waals surface area contributed by atoms with E-state index in [4.69, 9.17) is 0 Å². The van der Waals surface area contributed by atoms with Crippen molar-refractivity contribution in [1.82, 2.24) is 29.2 Å². The molecule has 8 heteroatoms. The van der Waals surface area contributed by atoms with Crippen LogP contribution in [0.1, 0.15) is 38.4 Å². The Morgan fingerprint density at radius 3 is 2.64 bits per heavy atom. The van der Waals surface area contributed by atoms with Crippen LogP contribution in [0.5, 0.6) is 0 Å². The minimum absolute atomic E-state index is 0.214. The molecule has 4 aromatic rings. The molecule has 0 atom stereocenters. The molecule has 1 aliphatic heterocycles. The second kappa shape index (κ2) is 10.3. The minimum Gasteiger partial charge on any atom is -0.322 e. The number of likely N-dealkylation sites (N-methyl/N-ethyl adjacent to an activating group) is 1. The summed E-state index contributed by atoms with van der Waals surface area (Å²) in [5.74, 6) is 6.00. The molecule has 0 bridgehead atoms. The molecule has 1 N–H and O–H groups in total. The van der Waals surface area contributed by atoms with Gasteiger partial charge in [-0.05, 0) is 56.1 Å². The lowest BCUT2D eigenvalue weighted by molar-refractivity contribution is 0.102. The number of aromatic nitrogens is 4. The fraction of sp³-hybridized carbons (Fsp3) is 0.286. The van der Waals surface area contributed by atoms with Gasteiger partial charge >= 0.3 is 0 Å². The Balaban J connectivity index is 1.26. The Labute approximate surface area is 211 Å². The van der Waals surface area contributed by atoms with Gasteiger partial charge < -0.3 is 10.2 Å². The summed E-state index contributed by atoms with van der Waals surface area (Å²) >= 11 is 0. The van der Waals surface area contributed by atoms with E-state index in [1.807, 2.05) is 29.7 Å². The summed E-state index contributed by atoms with van der Waals surface area (Å²) in [6.45, 7) is 9.30. The number of piperazine rings is 1. The van der Waals surface area contributed by atoms with Crippen LogP contribution in [0, 0.1) is 25.7 Å². The second-order valence-electron chi connectivity index (χ2n) is 9.29. The molecule has 1 aliphatic rings. The van der Waals surface area contributed by atoms with E-state index in [1.54, 1.807) is 30.9 Å². The van der Waals surface area contributed by atoms with Crippen molar-refractivity contribution in [2.45, 2.75) is 20.4 Å². The largest absolute Gasteiger partial charge is 0.322 e. The normalized spacial score (nSPS) is 14.4. The van der Waals surface area contributed by atoms with Crippen molar-refractivity contribution in [3.63, 3.8) is 0 Å². The van der Waals surface area contributed by atoms with Crippen LogP contribution >= 0.6 is 0 Å². The SMILES string of the molecule is Cc1cn2c(C#Cc3cncc(C(=O)Nc4ccc(CN5CCN(C)CC5)c(C)c4)c3)cnc2cn1. The highest BCUT2D eigenvalue weighted by Crippen LogP contribution is 2.19. The molecule has 5 rings (SSSR count). The van der Waals surface area contributed by atoms with Gasteiger partial charge in [0.25, 0.3) is 5.91 Å². The van der Waals surface area contributed by atoms with Crippen LogP contribution in [0.25, 0.3) is 5.65 Å². The zero-order valence-corrected chi connectivity index (χ0v) is 20.8. The Morgan fingerprint density at radius 2 is 1.83 bits per heavy atom. The molecular weight excluding hydrogens is 450 g/mol. The van der Waals surface area contributed by atoms with Crippen LogP contribution in [0.3, 0.4) is 0 Å². The molecule has 8 nitrogen and oxygen atoms in total. The zero-order chi connectivity index (χ0) is 25.1. The van der Waals surface area contributed by atoms with Crippen LogP contribution in [0.4, 0.5) is 5.69 Å². The summed E-state index contributed by atoms with van der Waals surface area (Å²) in [5.41, 5.74) is 6.70. The molecule has 0 radical (unpaired) electrons. The lowest BCUT2D eigenvalue weighted by Crippen LogP contribution is -2.43. The maximum atomic E-state index is 12.9. The first-order valence-electron chi connectivity index (χ1n) is 12.0. The first-order chi connectivity index (χ1) is 17.4. The summed E-state index contributed by atoms with van der Waals surface area (Å²) in [4.78, 5) is 30.6. The van der Waals surface area contributed by atoms with Crippen molar-refractivity contribution in [3.05, 3.63) is 88.9 Å². The van der Waals surface area contributed by atoms with Crippen LogP contribution < -0.4 is 5.32 Å². The molecule has 182 valence electrons. The number of anilines is 1. The summed E-state index contributed by atoms with van der Waals surface area (Å²) in [6.07, 6.45) is 8.53. The van der Waals surface area contributed by atoms with E-state index >= 15 is 0 Å². The number of hydrogen-bond donors (Lipinski definition) is 1. The monoisotopic (exact) mass is 479 g/mol. The second-order valence-corrected chi connectivity index (χ2v) is 9.29. The number of imidazole rings is 1. The number of carbonyl (C=O) groups is 1. The standard InChI is InChI=1S/C28H29N7O/c1-20-12-25(6-5-23(20)19-34-10-8-33(3)9-11-34)32-28(36)24-13-22(14-29-15-24)4-7-26-16-31-27-17-30-21(2)18-35(26)27/h5-6,12-18H,8-11,19H2,1-3H3,(H,32,36). The summed E-state index contributed by atoms with van der Waals surface area (Å²) in [7, 11) is 2.16. The number of rotatable bonds is 4. The topological polar surface area (TPSA) is 78.7 Å². The van der Waals surface area contributed by atoms with Crippen molar-refractivity contribution in [2.24, 2.45) is 0 Å². The van der Waals surface area contributed by atoms with Crippen LogP contribution in [-0.4, -0.2) is 68.3 Å². The fourth-order valence-electron chi connectivity index (χ4n) is 4.25. The first-order valence-corrected chi connectivity index (χ1v) is 12.0. The lowest BCUT2D eigenvalue weighted by Gasteiger charge is -2.32. The number of fused-ring (bicyclic) bond motifs is 1. The van der Waals surface area contributed by atoms with E-state index in [0.29, 0.717) is 11.1 Å². The van der Waals surface area contributed by atoms with Gasteiger partial charge in [0.1, 0.15) is 5.69 Å². The summed E-state index contributed by atoms with van der Waals surface area (Å²) < 4.78 is 1.90. The average Bonchev–Trinajstić information content (AvgIpc) is 3.28. The van der Waals surface area contributed by atoms with Crippen molar-refractivity contribution in [2.75, 3.05) is 38.5 Å². The third kappa shape index (κ3) is 5.43. The highest BCUT2D eigenvalue weighted by Gasteiger charge is 2.15. The number of hydrogen-bond acceptors (Lipinski definition) is 6. The highest BCUT2D eigenvalue weighted by molar-refractivity contribution is 6.04. The first kappa shape index (κ1) is 23.7. The van der Waals surface area contributed by atoms with E-state index < -0.39 is 0 Å². The summed E-state index contributed by atoms with van der Waals surface area (Å²) in [6, 6.07) is 7.85. The van der Waals surface area contributed by atoms with Crippen molar-refractivity contribution >= 4 is 17.2 Å². The predicted octanol–water partition coefficient (Wildman–Crippen LogP) is 3.14. The lowest BCUT2D eigenvalue weighted by atomic mass is 10.1. The Hall–Kier alpha value is -4.06. The predicted molar refractivity (Wildman–Crippen MR) is 140 cm³/mol. The Kier molecular flexibility index (Phi) is 6.76. The fourth-order valence-corrected chi connectivity index (χ4v) is 4.25. The molecule has 0 aliphatic carbocycles. The molecule has 1 amide bonds. The molecule has 0 unspecified atom stereocenters. The van der Waals surface area contributed by atoms with Crippen molar-refractivity contribution < 1.29 is 4.79 Å². The van der Waals surface area contributed by atoms with Gasteiger partial charge in [0.2, 0.25) is 0 Å². The molecular formula is C28H29N7O. The van der Waals surface area contributed by atoms with Crippen LogP contribution in [0.15, 0.2) is 55.2 Å². The van der Waals surface area contributed by atoms with Crippen LogP contribution in [-0.2, 0) is 6.54 Å². The summed E-state index contributed by atoms with van der Waals surface area (Å²) in [5, 5.41) is 2.99. The quantitative estimate of drug-likeness (QED) is 0.453. The van der Waals surface area contributed by atoms with Crippen molar-refractivity contribution in [3.8, 4) is 11.8 Å². The van der Waals surface area contributed by atoms with Gasteiger partial charge in [0.15, 0.2) is 5.65 Å². The molecule has 0 saturated carbocycles. The molecule has 1 fully saturated rings. The number of aryl methyl sites for hydroxylation is 2. The third-order valence-electron chi connectivity index (χ3n) is 6.45. The van der Waals surface area contributed by atoms with Gasteiger partial charge in [-0.1, -0.05) is 12.0 Å². The number of carbonyl (C=O) groups excluding carboxylic acids is 1. The minimum atomic E-state index is -0.214. The Morgan fingerprint density at radius 1 is 1.00 bits per heavy atom. The van der Waals surface area contributed by atoms with E-state index in [2.05, 4.69) is 61.9 Å². The molecule has 1 saturated heterocycles. The molecule has 36 heavy (non-hydrogen) atoms. The highest BCUT2D eigenvalue weighted by atomic mass is 16.1. The number of nitrogens with zero attached hydrogens (tertiary/aromatic N) is 6. The smallest absolute Gasteiger partial charge is 0.257 e. The number of benzene rings is 1. The van der Waals surface area contributed by atoms with E-state index in [0.717, 1.165) is 55.4 Å². The van der Waals surface area contributed by atoms with E-state index in [-0.39, 0.29) is 5.91 Å². The Bertz CT molecular complexity index is 1470. The van der Waals surface area contributed by atoms with Crippen LogP contribution in [0.2, 0.25) is 0 Å². The van der Waals surface area contributed by atoms with Gasteiger partial charge in [0.05, 0.1) is 23.7 Å². The molecule has 4 heterocycles. The van der Waals surface area contributed by atoms with Gasteiger partial charge in [-0.15, -0.1) is 0 Å². The van der Waals surface area contributed by atoms with Gasteiger partial charge in [0, 0.05) is 62.6 Å².